The molecule has 10 heteroatoms. The second-order valence-electron chi connectivity index (χ2n) is 7.80. The van der Waals surface area contributed by atoms with Crippen LogP contribution in [-0.4, -0.2) is 20.1 Å². The quantitative estimate of drug-likeness (QED) is 0.149. The minimum atomic E-state index is -3.04. The number of benzene rings is 1. The minimum absolute atomic E-state index is 0.0862. The van der Waals surface area contributed by atoms with E-state index in [1.165, 1.54) is 79.5 Å². The van der Waals surface area contributed by atoms with Crippen LogP contribution in [0.1, 0.15) is 22.3 Å². The first-order chi connectivity index (χ1) is 17.3. The van der Waals surface area contributed by atoms with Crippen LogP contribution in [-0.2, 0) is 5.79 Å². The summed E-state index contributed by atoms with van der Waals surface area (Å²) in [5.41, 5.74) is -0.873. The monoisotopic (exact) mass is 544 g/mol. The van der Waals surface area contributed by atoms with Crippen LogP contribution in [0.4, 0.5) is 13.3 Å². The van der Waals surface area contributed by atoms with E-state index >= 15 is 13.3 Å². The van der Waals surface area contributed by atoms with Gasteiger partial charge in [0.25, 0.3) is 5.79 Å². The van der Waals surface area contributed by atoms with Gasteiger partial charge in [-0.05, 0) is 54.1 Å². The largest absolute Gasteiger partial charge is 0.264 e. The van der Waals surface area contributed by atoms with Gasteiger partial charge < -0.3 is 0 Å². The molecule has 1 aliphatic rings. The van der Waals surface area contributed by atoms with Gasteiger partial charge in [-0.1, -0.05) is 45.4 Å². The van der Waals surface area contributed by atoms with E-state index < -0.39 is 11.7 Å². The highest BCUT2D eigenvalue weighted by Crippen LogP contribution is 2.57. The summed E-state index contributed by atoms with van der Waals surface area (Å²) in [7, 11) is 0. The van der Waals surface area contributed by atoms with Crippen molar-refractivity contribution in [2.45, 2.75) is 5.79 Å². The van der Waals surface area contributed by atoms with Crippen molar-refractivity contribution in [1.82, 2.24) is 20.1 Å². The molecule has 4 nitrogen and oxygen atoms in total. The third-order valence-electron chi connectivity index (χ3n) is 5.63. The lowest BCUT2D eigenvalue weighted by Gasteiger charge is -2.41. The summed E-state index contributed by atoms with van der Waals surface area (Å²) >= 11 is 19.3. The maximum absolute atomic E-state index is 17.6. The fourth-order valence-corrected chi connectivity index (χ4v) is 5.06. The van der Waals surface area contributed by atoms with E-state index in [9.17, 15) is 0 Å². The first kappa shape index (κ1) is 24.3. The molecule has 1 atom stereocenters. The number of allylic oxidation sites excluding steroid dienone is 2. The van der Waals surface area contributed by atoms with Crippen molar-refractivity contribution < 1.29 is 13.3 Å². The zero-order valence-electron chi connectivity index (χ0n) is 18.1. The molecule has 0 fully saturated rings. The summed E-state index contributed by atoms with van der Waals surface area (Å²) in [6.07, 6.45) is 6.64. The number of aromatic nitrogens is 3. The van der Waals surface area contributed by atoms with Crippen molar-refractivity contribution in [3.05, 3.63) is 129 Å². The molecule has 0 bridgehead atoms. The summed E-state index contributed by atoms with van der Waals surface area (Å²) in [6, 6.07) is 13.0. The zero-order valence-corrected chi connectivity index (χ0v) is 20.4. The van der Waals surface area contributed by atoms with Crippen molar-refractivity contribution in [1.29, 1.82) is 0 Å². The van der Waals surface area contributed by atoms with E-state index in [0.717, 1.165) is 0 Å². The summed E-state index contributed by atoms with van der Waals surface area (Å²) in [5, 5.41) is -0.0486. The summed E-state index contributed by atoms with van der Waals surface area (Å²) in [5.74, 6) is -3.97. The lowest BCUT2D eigenvalue weighted by Crippen LogP contribution is -2.41. The number of hydrogen-bond acceptors (Lipinski definition) is 4. The van der Waals surface area contributed by atoms with Gasteiger partial charge in [0.2, 0.25) is 5.95 Å². The molecule has 0 N–H and O–H groups in total. The molecular formula is C26H14Cl3F3N4. The Labute approximate surface area is 219 Å². The fourth-order valence-electron chi connectivity index (χ4n) is 4.15. The summed E-state index contributed by atoms with van der Waals surface area (Å²) < 4.78 is 49.2. The third-order valence-corrected chi connectivity index (χ3v) is 6.44. The van der Waals surface area contributed by atoms with Crippen molar-refractivity contribution in [2.24, 2.45) is 0 Å². The van der Waals surface area contributed by atoms with E-state index in [0.29, 0.717) is 0 Å². The van der Waals surface area contributed by atoms with Crippen molar-refractivity contribution >= 4 is 51.6 Å². The first-order valence-electron chi connectivity index (χ1n) is 10.5. The fraction of sp³-hybridized carbons (Fsp3) is 0.0385. The van der Waals surface area contributed by atoms with Gasteiger partial charge in [-0.3, -0.25) is 9.97 Å². The van der Waals surface area contributed by atoms with Crippen LogP contribution in [0.5, 0.6) is 0 Å². The van der Waals surface area contributed by atoms with Crippen molar-refractivity contribution in [2.75, 3.05) is 0 Å². The average molecular weight is 546 g/mol. The predicted molar refractivity (Wildman–Crippen MR) is 134 cm³/mol. The van der Waals surface area contributed by atoms with E-state index in [4.69, 9.17) is 34.8 Å². The SMILES string of the molecule is Fc1ncccc1C1=C(c2cc(Cl)cc(Cl)c2)C(F)(c2cccnc2)N(F)C(c2cccnc2)=C1Cl. The molecule has 4 heterocycles. The van der Waals surface area contributed by atoms with Gasteiger partial charge in [-0.2, -0.15) is 9.51 Å². The Morgan fingerprint density at radius 1 is 0.806 bits per heavy atom. The van der Waals surface area contributed by atoms with Crippen LogP contribution >= 0.6 is 34.8 Å². The maximum Gasteiger partial charge on any atom is 0.264 e. The highest BCUT2D eigenvalue weighted by molar-refractivity contribution is 6.42. The van der Waals surface area contributed by atoms with E-state index in [1.807, 2.05) is 0 Å². The Balaban J connectivity index is 1.99. The van der Waals surface area contributed by atoms with Gasteiger partial charge in [0.15, 0.2) is 0 Å². The van der Waals surface area contributed by atoms with E-state index in [2.05, 4.69) is 15.0 Å². The van der Waals surface area contributed by atoms with E-state index in [-0.39, 0.29) is 59.3 Å². The van der Waals surface area contributed by atoms with Gasteiger partial charge in [-0.25, -0.2) is 9.37 Å². The smallest absolute Gasteiger partial charge is 0.264 e. The molecule has 0 radical (unpaired) electrons. The number of halogens is 6. The molecule has 4 aromatic rings. The molecule has 0 saturated carbocycles. The lowest BCUT2D eigenvalue weighted by atomic mass is 9.81. The lowest BCUT2D eigenvalue weighted by molar-refractivity contribution is -0.0745. The van der Waals surface area contributed by atoms with Crippen LogP contribution in [0.25, 0.3) is 16.8 Å². The highest BCUT2D eigenvalue weighted by Gasteiger charge is 2.52. The molecule has 180 valence electrons. The maximum atomic E-state index is 17.6. The first-order valence-corrected chi connectivity index (χ1v) is 11.6. The topological polar surface area (TPSA) is 41.9 Å². The molecule has 36 heavy (non-hydrogen) atoms. The van der Waals surface area contributed by atoms with Crippen LogP contribution in [0.3, 0.4) is 0 Å². The minimum Gasteiger partial charge on any atom is -0.264 e. The Morgan fingerprint density at radius 3 is 2.08 bits per heavy atom. The summed E-state index contributed by atoms with van der Waals surface area (Å²) in [4.78, 5) is 11.7. The van der Waals surface area contributed by atoms with Gasteiger partial charge >= 0.3 is 0 Å². The summed E-state index contributed by atoms with van der Waals surface area (Å²) in [6.45, 7) is 0. The van der Waals surface area contributed by atoms with Gasteiger partial charge in [-0.15, -0.1) is 0 Å². The highest BCUT2D eigenvalue weighted by atomic mass is 35.5. The van der Waals surface area contributed by atoms with Gasteiger partial charge in [0.1, 0.15) is 5.70 Å². The molecule has 0 spiro atoms. The Morgan fingerprint density at radius 2 is 1.47 bits per heavy atom. The van der Waals surface area contributed by atoms with Gasteiger partial charge in [0, 0.05) is 68.9 Å². The Hall–Kier alpha value is -3.39. The zero-order chi connectivity index (χ0) is 25.4. The van der Waals surface area contributed by atoms with E-state index in [1.54, 1.807) is 6.07 Å². The number of pyridine rings is 3. The van der Waals surface area contributed by atoms with Crippen LogP contribution < -0.4 is 0 Å². The molecule has 3 aromatic heterocycles. The Kier molecular flexibility index (Phi) is 6.47. The molecule has 0 amide bonds. The standard InChI is InChI=1S/C26H14Cl3F3N4/c27-18-10-16(11-19(28)12-18)22-21(20-6-3-9-35-25(20)30)23(29)24(15-4-1-7-33-13-15)36(32)26(22,31)17-5-2-8-34-14-17/h1-14H. The van der Waals surface area contributed by atoms with Crippen LogP contribution in [0.15, 0.2) is 90.6 Å². The average Bonchev–Trinajstić information content (AvgIpc) is 2.87. The van der Waals surface area contributed by atoms with Gasteiger partial charge in [0.05, 0.1) is 5.03 Å². The Bertz CT molecular complexity index is 1490. The number of alkyl halides is 1. The normalized spacial score (nSPS) is 18.1. The second-order valence-corrected chi connectivity index (χ2v) is 9.05. The molecule has 1 unspecified atom stereocenters. The molecular weight excluding hydrogens is 532 g/mol. The molecule has 0 saturated heterocycles. The number of nitrogens with zero attached hydrogens (tertiary/aromatic N) is 4. The number of rotatable bonds is 4. The van der Waals surface area contributed by atoms with Crippen LogP contribution in [0.2, 0.25) is 10.0 Å². The number of hydrogen-bond donors (Lipinski definition) is 0. The third kappa shape index (κ3) is 4.03. The van der Waals surface area contributed by atoms with Crippen LogP contribution in [0, 0.1) is 5.95 Å². The predicted octanol–water partition coefficient (Wildman–Crippen LogP) is 7.86. The second kappa shape index (κ2) is 9.58. The molecule has 1 aromatic carbocycles. The molecule has 5 rings (SSSR count). The molecule has 1 aliphatic heterocycles. The van der Waals surface area contributed by atoms with Crippen molar-refractivity contribution in [3.8, 4) is 0 Å². The molecule has 0 aliphatic carbocycles. The van der Waals surface area contributed by atoms with Crippen molar-refractivity contribution in [3.63, 3.8) is 0 Å².